The zero-order chi connectivity index (χ0) is 17.8. The number of aromatic nitrogens is 1. The van der Waals surface area contributed by atoms with E-state index in [9.17, 15) is 4.79 Å². The van der Waals surface area contributed by atoms with E-state index >= 15 is 0 Å². The maximum atomic E-state index is 11.6. The van der Waals surface area contributed by atoms with Gasteiger partial charge in [-0.15, -0.1) is 0 Å². The Kier molecular flexibility index (Phi) is 4.89. The number of ether oxygens (including phenoxy) is 2. The zero-order valence-corrected chi connectivity index (χ0v) is 14.6. The molecule has 0 fully saturated rings. The highest BCUT2D eigenvalue weighted by Crippen LogP contribution is 2.24. The van der Waals surface area contributed by atoms with Crippen LogP contribution in [0.1, 0.15) is 18.2 Å². The quantitative estimate of drug-likeness (QED) is 0.653. The van der Waals surface area contributed by atoms with Gasteiger partial charge in [0.25, 0.3) is 0 Å². The van der Waals surface area contributed by atoms with Gasteiger partial charge in [0.1, 0.15) is 5.75 Å². The lowest BCUT2D eigenvalue weighted by Crippen LogP contribution is -2.25. The van der Waals surface area contributed by atoms with Crippen LogP contribution >= 0.6 is 0 Å². The van der Waals surface area contributed by atoms with Crippen molar-refractivity contribution in [3.63, 3.8) is 0 Å². The minimum absolute atomic E-state index is 0.396. The van der Waals surface area contributed by atoms with Crippen molar-refractivity contribution >= 4 is 29.0 Å². The van der Waals surface area contributed by atoms with Gasteiger partial charge in [-0.25, -0.2) is 4.79 Å². The maximum absolute atomic E-state index is 11.6. The van der Waals surface area contributed by atoms with Crippen LogP contribution in [0.4, 0.5) is 0 Å². The summed E-state index contributed by atoms with van der Waals surface area (Å²) in [6.07, 6.45) is 3.38. The Bertz CT molecular complexity index is 924. The third-order valence-corrected chi connectivity index (χ3v) is 4.18. The van der Waals surface area contributed by atoms with Crippen LogP contribution in [0, 0.1) is 0 Å². The normalized spacial score (nSPS) is 12.4. The van der Waals surface area contributed by atoms with E-state index in [2.05, 4.69) is 22.8 Å². The molecule has 0 spiro atoms. The molecule has 4 nitrogen and oxygen atoms in total. The number of para-hydroxylation sites is 2. The molecule has 1 heterocycles. The third-order valence-electron chi connectivity index (χ3n) is 4.18. The van der Waals surface area contributed by atoms with Crippen molar-refractivity contribution in [3.05, 3.63) is 65.9 Å². The molecular weight excluding hydrogens is 314 g/mol. The van der Waals surface area contributed by atoms with Gasteiger partial charge in [-0.3, -0.25) is 0 Å². The topological polar surface area (TPSA) is 40.5 Å². The van der Waals surface area contributed by atoms with Gasteiger partial charge in [0.05, 0.1) is 7.11 Å². The molecule has 3 aromatic rings. The molecule has 1 atom stereocenters. The van der Waals surface area contributed by atoms with Crippen molar-refractivity contribution < 1.29 is 14.3 Å². The molecule has 0 saturated heterocycles. The van der Waals surface area contributed by atoms with E-state index in [1.807, 2.05) is 55.6 Å². The van der Waals surface area contributed by atoms with Crippen LogP contribution in [0.25, 0.3) is 23.1 Å². The molecule has 0 amide bonds. The third kappa shape index (κ3) is 3.58. The second kappa shape index (κ2) is 7.26. The van der Waals surface area contributed by atoms with Crippen molar-refractivity contribution in [1.82, 2.24) is 4.57 Å². The minimum Gasteiger partial charge on any atom is -0.478 e. The number of esters is 1. The number of aryl methyl sites for hydroxylation is 1. The molecule has 2 aromatic carbocycles. The van der Waals surface area contributed by atoms with Gasteiger partial charge in [0.2, 0.25) is 0 Å². The first-order chi connectivity index (χ1) is 12.1. The van der Waals surface area contributed by atoms with Gasteiger partial charge in [0.15, 0.2) is 6.10 Å². The van der Waals surface area contributed by atoms with Crippen molar-refractivity contribution in [1.29, 1.82) is 0 Å². The molecule has 0 N–H and O–H groups in total. The van der Waals surface area contributed by atoms with Gasteiger partial charge >= 0.3 is 5.97 Å². The molecule has 0 aliphatic carbocycles. The van der Waals surface area contributed by atoms with Crippen LogP contribution in [-0.4, -0.2) is 23.8 Å². The van der Waals surface area contributed by atoms with Crippen molar-refractivity contribution in [2.45, 2.75) is 13.0 Å². The Labute approximate surface area is 147 Å². The van der Waals surface area contributed by atoms with Crippen molar-refractivity contribution in [3.8, 4) is 5.75 Å². The molecule has 0 saturated carbocycles. The Morgan fingerprint density at radius 2 is 1.80 bits per heavy atom. The fourth-order valence-electron chi connectivity index (χ4n) is 2.78. The predicted molar refractivity (Wildman–Crippen MR) is 100 cm³/mol. The molecule has 0 radical (unpaired) electrons. The summed E-state index contributed by atoms with van der Waals surface area (Å²) in [5, 5.41) is 1.20. The molecule has 1 aromatic heterocycles. The standard InChI is InChI=1S/C21H21NO3/c1-15(21(23)24-3)25-20-11-7-5-8-16(20)12-13-18-14-17-9-4-6-10-19(17)22(18)2/h4-15H,1-3H3. The first-order valence-electron chi connectivity index (χ1n) is 8.16. The van der Waals surface area contributed by atoms with E-state index in [1.54, 1.807) is 6.92 Å². The summed E-state index contributed by atoms with van der Waals surface area (Å²) < 4.78 is 12.6. The lowest BCUT2D eigenvalue weighted by molar-refractivity contribution is -0.147. The molecule has 0 aliphatic rings. The largest absolute Gasteiger partial charge is 0.478 e. The number of hydrogen-bond acceptors (Lipinski definition) is 3. The predicted octanol–water partition coefficient (Wildman–Crippen LogP) is 4.29. The Morgan fingerprint density at radius 1 is 1.08 bits per heavy atom. The molecular formula is C21H21NO3. The number of carbonyl (C=O) groups excluding carboxylic acids is 1. The van der Waals surface area contributed by atoms with Gasteiger partial charge < -0.3 is 14.0 Å². The SMILES string of the molecule is COC(=O)C(C)Oc1ccccc1C=Cc1cc2ccccc2n1C. The summed E-state index contributed by atoms with van der Waals surface area (Å²) in [6.45, 7) is 1.68. The highest BCUT2D eigenvalue weighted by molar-refractivity contribution is 5.85. The molecule has 3 rings (SSSR count). The Balaban J connectivity index is 1.88. The summed E-state index contributed by atoms with van der Waals surface area (Å²) in [7, 11) is 3.40. The van der Waals surface area contributed by atoms with Crippen LogP contribution in [0.2, 0.25) is 0 Å². The van der Waals surface area contributed by atoms with Gasteiger partial charge in [-0.2, -0.15) is 0 Å². The van der Waals surface area contributed by atoms with E-state index in [0.29, 0.717) is 5.75 Å². The second-order valence-corrected chi connectivity index (χ2v) is 5.84. The van der Waals surface area contributed by atoms with E-state index in [4.69, 9.17) is 9.47 Å². The number of rotatable bonds is 5. The average molecular weight is 335 g/mol. The second-order valence-electron chi connectivity index (χ2n) is 5.84. The summed E-state index contributed by atoms with van der Waals surface area (Å²) in [6, 6.07) is 18.0. The lowest BCUT2D eigenvalue weighted by Gasteiger charge is -2.14. The summed E-state index contributed by atoms with van der Waals surface area (Å²) in [5.41, 5.74) is 3.19. The number of benzene rings is 2. The number of fused-ring (bicyclic) bond motifs is 1. The number of nitrogens with zero attached hydrogens (tertiary/aromatic N) is 1. The molecule has 25 heavy (non-hydrogen) atoms. The molecule has 128 valence electrons. The number of carbonyl (C=O) groups is 1. The van der Waals surface area contributed by atoms with Gasteiger partial charge in [-0.1, -0.05) is 36.4 Å². The lowest BCUT2D eigenvalue weighted by atomic mass is 10.1. The van der Waals surface area contributed by atoms with Gasteiger partial charge in [-0.05, 0) is 37.3 Å². The smallest absolute Gasteiger partial charge is 0.346 e. The van der Waals surface area contributed by atoms with Crippen molar-refractivity contribution in [2.75, 3.05) is 7.11 Å². The van der Waals surface area contributed by atoms with E-state index in [0.717, 1.165) is 11.3 Å². The highest BCUT2D eigenvalue weighted by Gasteiger charge is 2.15. The number of methoxy groups -OCH3 is 1. The van der Waals surface area contributed by atoms with Crippen LogP contribution in [-0.2, 0) is 16.6 Å². The molecule has 0 aliphatic heterocycles. The van der Waals surface area contributed by atoms with Crippen LogP contribution in [0.3, 0.4) is 0 Å². The zero-order valence-electron chi connectivity index (χ0n) is 14.6. The summed E-state index contributed by atoms with van der Waals surface area (Å²) >= 11 is 0. The first-order valence-corrected chi connectivity index (χ1v) is 8.16. The Hall–Kier alpha value is -3.01. The van der Waals surface area contributed by atoms with E-state index in [-0.39, 0.29) is 0 Å². The Morgan fingerprint density at radius 3 is 2.56 bits per heavy atom. The van der Waals surface area contributed by atoms with Crippen LogP contribution in [0.15, 0.2) is 54.6 Å². The summed E-state index contributed by atoms with van der Waals surface area (Å²) in [5.74, 6) is 0.253. The fourth-order valence-corrected chi connectivity index (χ4v) is 2.78. The van der Waals surface area contributed by atoms with E-state index < -0.39 is 12.1 Å². The first kappa shape index (κ1) is 16.8. The monoisotopic (exact) mass is 335 g/mol. The molecule has 4 heteroatoms. The molecule has 1 unspecified atom stereocenters. The van der Waals surface area contributed by atoms with Crippen LogP contribution in [0.5, 0.6) is 5.75 Å². The average Bonchev–Trinajstić information content (AvgIpc) is 2.96. The van der Waals surface area contributed by atoms with Gasteiger partial charge in [0, 0.05) is 29.2 Å². The minimum atomic E-state index is -0.655. The number of hydrogen-bond donors (Lipinski definition) is 0. The van der Waals surface area contributed by atoms with Crippen LogP contribution < -0.4 is 4.74 Å². The maximum Gasteiger partial charge on any atom is 0.346 e. The fraction of sp³-hybridized carbons (Fsp3) is 0.190. The summed E-state index contributed by atoms with van der Waals surface area (Å²) in [4.78, 5) is 11.6. The van der Waals surface area contributed by atoms with Crippen molar-refractivity contribution in [2.24, 2.45) is 7.05 Å². The van der Waals surface area contributed by atoms with E-state index in [1.165, 1.54) is 18.0 Å². The highest BCUT2D eigenvalue weighted by atomic mass is 16.6. The molecule has 0 bridgehead atoms.